The monoisotopic (exact) mass is 160 g/mol. The molecule has 0 saturated carbocycles. The van der Waals surface area contributed by atoms with E-state index in [1.54, 1.807) is 6.92 Å². The molecule has 0 spiro atoms. The van der Waals surface area contributed by atoms with E-state index in [1.165, 1.54) is 6.92 Å². The Morgan fingerprint density at radius 1 is 1.73 bits per heavy atom. The lowest BCUT2D eigenvalue weighted by Gasteiger charge is -2.23. The molecule has 0 aromatic heterocycles. The lowest BCUT2D eigenvalue weighted by molar-refractivity contribution is -0.154. The normalized spacial score (nSPS) is 44.2. The second-order valence-electron chi connectivity index (χ2n) is 3.13. The van der Waals surface area contributed by atoms with E-state index in [2.05, 4.69) is 0 Å². The average molecular weight is 160 g/mol. The summed E-state index contributed by atoms with van der Waals surface area (Å²) >= 11 is 0. The third-order valence-electron chi connectivity index (χ3n) is 2.12. The molecule has 1 aliphatic rings. The first-order valence-electron chi connectivity index (χ1n) is 3.53. The maximum Gasteiger partial charge on any atom is 0.312 e. The van der Waals surface area contributed by atoms with Crippen LogP contribution in [0.1, 0.15) is 13.8 Å². The third kappa shape index (κ3) is 1.12. The SMILES string of the molecule is C[C@@H]1C(=O)O[C@@](C)(CO)[C@H]1O. The Bertz CT molecular complexity index is 179. The van der Waals surface area contributed by atoms with Crippen LogP contribution >= 0.6 is 0 Å². The first kappa shape index (κ1) is 8.49. The predicted octanol–water partition coefficient (Wildman–Crippen LogP) is -0.709. The molecule has 0 bridgehead atoms. The van der Waals surface area contributed by atoms with E-state index < -0.39 is 23.6 Å². The molecule has 0 unspecified atom stereocenters. The number of rotatable bonds is 1. The van der Waals surface area contributed by atoms with E-state index in [9.17, 15) is 9.90 Å². The highest BCUT2D eigenvalue weighted by Gasteiger charge is 2.49. The van der Waals surface area contributed by atoms with Gasteiger partial charge in [-0.1, -0.05) is 0 Å². The maximum atomic E-state index is 10.9. The zero-order chi connectivity index (χ0) is 8.65. The number of aliphatic hydroxyl groups is 2. The van der Waals surface area contributed by atoms with Gasteiger partial charge in [-0.3, -0.25) is 4.79 Å². The summed E-state index contributed by atoms with van der Waals surface area (Å²) in [6, 6.07) is 0. The summed E-state index contributed by atoms with van der Waals surface area (Å²) in [5.74, 6) is -0.985. The molecular formula is C7H12O4. The van der Waals surface area contributed by atoms with Crippen molar-refractivity contribution in [2.45, 2.75) is 25.6 Å². The standard InChI is InChI=1S/C7H12O4/c1-4-5(9)7(2,3-8)11-6(4)10/h4-5,8-9H,3H2,1-2H3/t4-,5-,7-/m0/s1. The fraction of sp³-hybridized carbons (Fsp3) is 0.857. The van der Waals surface area contributed by atoms with Crippen LogP contribution in [0.25, 0.3) is 0 Å². The molecule has 1 fully saturated rings. The average Bonchev–Trinajstić information content (AvgIpc) is 2.17. The van der Waals surface area contributed by atoms with Crippen LogP contribution < -0.4 is 0 Å². The molecule has 1 rings (SSSR count). The summed E-state index contributed by atoms with van der Waals surface area (Å²) < 4.78 is 4.78. The van der Waals surface area contributed by atoms with Gasteiger partial charge in [-0.2, -0.15) is 0 Å². The molecule has 0 radical (unpaired) electrons. The van der Waals surface area contributed by atoms with Crippen LogP contribution in [-0.4, -0.2) is 34.5 Å². The minimum absolute atomic E-state index is 0.343. The van der Waals surface area contributed by atoms with Gasteiger partial charge in [0.05, 0.1) is 12.5 Å². The van der Waals surface area contributed by atoms with Crippen molar-refractivity contribution in [1.29, 1.82) is 0 Å². The summed E-state index contributed by atoms with van der Waals surface area (Å²) in [6.45, 7) is 2.75. The second kappa shape index (κ2) is 2.46. The summed E-state index contributed by atoms with van der Waals surface area (Å²) in [7, 11) is 0. The zero-order valence-corrected chi connectivity index (χ0v) is 6.57. The highest BCUT2D eigenvalue weighted by molar-refractivity contribution is 5.76. The molecule has 2 N–H and O–H groups in total. The second-order valence-corrected chi connectivity index (χ2v) is 3.13. The predicted molar refractivity (Wildman–Crippen MR) is 36.8 cm³/mol. The molecule has 0 aromatic rings. The smallest absolute Gasteiger partial charge is 0.312 e. The van der Waals surface area contributed by atoms with Crippen molar-refractivity contribution >= 4 is 5.97 Å². The first-order chi connectivity index (χ1) is 5.01. The lowest BCUT2D eigenvalue weighted by atomic mass is 9.94. The highest BCUT2D eigenvalue weighted by Crippen LogP contribution is 2.30. The van der Waals surface area contributed by atoms with Crippen molar-refractivity contribution in [2.75, 3.05) is 6.61 Å². The van der Waals surface area contributed by atoms with Gasteiger partial charge in [-0.25, -0.2) is 0 Å². The molecule has 4 nitrogen and oxygen atoms in total. The molecule has 64 valence electrons. The van der Waals surface area contributed by atoms with E-state index in [0.717, 1.165) is 0 Å². The summed E-state index contributed by atoms with van der Waals surface area (Å²) in [5, 5.41) is 18.2. The van der Waals surface area contributed by atoms with E-state index in [4.69, 9.17) is 9.84 Å². The van der Waals surface area contributed by atoms with Gasteiger partial charge in [-0.15, -0.1) is 0 Å². The topological polar surface area (TPSA) is 66.8 Å². The van der Waals surface area contributed by atoms with Crippen molar-refractivity contribution < 1.29 is 19.7 Å². The quantitative estimate of drug-likeness (QED) is 0.497. The Morgan fingerprint density at radius 2 is 2.27 bits per heavy atom. The Hall–Kier alpha value is -0.610. The van der Waals surface area contributed by atoms with Crippen LogP contribution in [0.3, 0.4) is 0 Å². The molecule has 11 heavy (non-hydrogen) atoms. The Balaban J connectivity index is 2.82. The molecule has 4 heteroatoms. The molecule has 0 amide bonds. The minimum Gasteiger partial charge on any atom is -0.454 e. The summed E-state index contributed by atoms with van der Waals surface area (Å²) in [5.41, 5.74) is -1.10. The van der Waals surface area contributed by atoms with Crippen molar-refractivity contribution in [1.82, 2.24) is 0 Å². The molecular weight excluding hydrogens is 148 g/mol. The van der Waals surface area contributed by atoms with Gasteiger partial charge in [0.25, 0.3) is 0 Å². The van der Waals surface area contributed by atoms with Gasteiger partial charge in [0.2, 0.25) is 0 Å². The van der Waals surface area contributed by atoms with Gasteiger partial charge in [0.1, 0.15) is 6.10 Å². The number of carbonyl (C=O) groups excluding carboxylic acids is 1. The fourth-order valence-electron chi connectivity index (χ4n) is 1.17. The number of hydrogen-bond donors (Lipinski definition) is 2. The number of hydrogen-bond acceptors (Lipinski definition) is 4. The number of esters is 1. The zero-order valence-electron chi connectivity index (χ0n) is 6.57. The largest absolute Gasteiger partial charge is 0.454 e. The highest BCUT2D eigenvalue weighted by atomic mass is 16.6. The van der Waals surface area contributed by atoms with Crippen LogP contribution in [0.2, 0.25) is 0 Å². The van der Waals surface area contributed by atoms with Gasteiger partial charge in [-0.05, 0) is 13.8 Å². The maximum absolute atomic E-state index is 10.9. The Labute approximate surface area is 64.8 Å². The number of aliphatic hydroxyl groups excluding tert-OH is 2. The summed E-state index contributed by atoms with van der Waals surface area (Å²) in [4.78, 5) is 10.9. The van der Waals surface area contributed by atoms with Gasteiger partial charge < -0.3 is 14.9 Å². The van der Waals surface area contributed by atoms with E-state index in [0.29, 0.717) is 0 Å². The first-order valence-corrected chi connectivity index (χ1v) is 3.53. The minimum atomic E-state index is -1.10. The molecule has 3 atom stereocenters. The van der Waals surface area contributed by atoms with Gasteiger partial charge >= 0.3 is 5.97 Å². The van der Waals surface area contributed by atoms with Crippen molar-refractivity contribution in [3.8, 4) is 0 Å². The van der Waals surface area contributed by atoms with Crippen LogP contribution in [-0.2, 0) is 9.53 Å². The fourth-order valence-corrected chi connectivity index (χ4v) is 1.17. The van der Waals surface area contributed by atoms with Crippen LogP contribution in [0, 0.1) is 5.92 Å². The number of carbonyl (C=O) groups is 1. The molecule has 1 saturated heterocycles. The van der Waals surface area contributed by atoms with E-state index in [1.807, 2.05) is 0 Å². The third-order valence-corrected chi connectivity index (χ3v) is 2.12. The Kier molecular flexibility index (Phi) is 1.90. The number of cyclic esters (lactones) is 1. The van der Waals surface area contributed by atoms with Gasteiger partial charge in [0.15, 0.2) is 5.60 Å². The molecule has 1 aliphatic heterocycles. The molecule has 1 heterocycles. The number of ether oxygens (including phenoxy) is 1. The van der Waals surface area contributed by atoms with Crippen LogP contribution in [0.5, 0.6) is 0 Å². The van der Waals surface area contributed by atoms with Crippen LogP contribution in [0.4, 0.5) is 0 Å². The van der Waals surface area contributed by atoms with Crippen LogP contribution in [0.15, 0.2) is 0 Å². The Morgan fingerprint density at radius 3 is 2.45 bits per heavy atom. The van der Waals surface area contributed by atoms with E-state index in [-0.39, 0.29) is 6.61 Å². The molecule has 0 aromatic carbocycles. The van der Waals surface area contributed by atoms with Gasteiger partial charge in [0, 0.05) is 0 Å². The van der Waals surface area contributed by atoms with Crippen molar-refractivity contribution in [3.63, 3.8) is 0 Å². The van der Waals surface area contributed by atoms with Crippen molar-refractivity contribution in [3.05, 3.63) is 0 Å². The molecule has 0 aliphatic carbocycles. The summed E-state index contributed by atoms with van der Waals surface area (Å²) in [6.07, 6.45) is -0.903. The van der Waals surface area contributed by atoms with Crippen molar-refractivity contribution in [2.24, 2.45) is 5.92 Å². The lowest BCUT2D eigenvalue weighted by Crippen LogP contribution is -2.41. The van der Waals surface area contributed by atoms with E-state index >= 15 is 0 Å².